The van der Waals surface area contributed by atoms with Gasteiger partial charge in [0.25, 0.3) is 5.91 Å². The Balaban J connectivity index is 2.83. The summed E-state index contributed by atoms with van der Waals surface area (Å²) >= 11 is 0. The Kier molecular flexibility index (Phi) is 3.19. The van der Waals surface area contributed by atoms with Gasteiger partial charge in [-0.15, -0.1) is 0 Å². The first-order chi connectivity index (χ1) is 6.65. The van der Waals surface area contributed by atoms with Crippen LogP contribution in [0.4, 0.5) is 11.8 Å². The first kappa shape index (κ1) is 10.2. The minimum absolute atomic E-state index is 0.0212. The Hall–Kier alpha value is -1.89. The predicted octanol–water partition coefficient (Wildman–Crippen LogP) is -1.44. The molecule has 7 nitrogen and oxygen atoms in total. The molecule has 0 aromatic carbocycles. The third-order valence-electron chi connectivity index (χ3n) is 1.48. The maximum atomic E-state index is 10.7. The molecule has 6 N–H and O–H groups in total. The summed E-state index contributed by atoms with van der Waals surface area (Å²) in [5.74, 6) is -0.398. The number of carbonyl (C=O) groups is 1. The highest BCUT2D eigenvalue weighted by Crippen LogP contribution is 2.08. The monoisotopic (exact) mass is 197 g/mol. The normalized spacial score (nSPS) is 9.79. The minimum Gasteiger partial charge on any atom is -0.395 e. The van der Waals surface area contributed by atoms with E-state index in [1.807, 2.05) is 0 Å². The quantitative estimate of drug-likeness (QED) is 0.468. The molecule has 0 bridgehead atoms. The maximum Gasteiger partial charge on any atom is 0.254 e. The molecule has 0 aliphatic rings. The number of hydrogen-bond donors (Lipinski definition) is 4. The van der Waals surface area contributed by atoms with E-state index in [4.69, 9.17) is 16.6 Å². The Morgan fingerprint density at radius 3 is 2.86 bits per heavy atom. The topological polar surface area (TPSA) is 127 Å². The molecule has 76 valence electrons. The summed E-state index contributed by atoms with van der Waals surface area (Å²) in [6.07, 6.45) is 1.24. The third-order valence-corrected chi connectivity index (χ3v) is 1.48. The van der Waals surface area contributed by atoms with Crippen molar-refractivity contribution in [2.45, 2.75) is 0 Å². The summed E-state index contributed by atoms with van der Waals surface area (Å²) < 4.78 is 0. The Labute approximate surface area is 80.2 Å². The van der Waals surface area contributed by atoms with Crippen LogP contribution < -0.4 is 16.8 Å². The molecule has 0 atom stereocenters. The number of carbonyl (C=O) groups excluding carboxylic acids is 1. The van der Waals surface area contributed by atoms with Gasteiger partial charge >= 0.3 is 0 Å². The zero-order valence-corrected chi connectivity index (χ0v) is 7.40. The zero-order chi connectivity index (χ0) is 10.6. The molecule has 0 aliphatic heterocycles. The number of aliphatic hydroxyl groups is 1. The molecular formula is C7H11N5O2. The predicted molar refractivity (Wildman–Crippen MR) is 50.5 cm³/mol. The fourth-order valence-corrected chi connectivity index (χ4v) is 0.838. The summed E-state index contributed by atoms with van der Waals surface area (Å²) in [6, 6.07) is 0. The molecule has 0 saturated heterocycles. The van der Waals surface area contributed by atoms with Crippen LogP contribution in [-0.4, -0.2) is 34.1 Å². The summed E-state index contributed by atoms with van der Waals surface area (Å²) in [4.78, 5) is 18.3. The highest BCUT2D eigenvalue weighted by Gasteiger charge is 2.08. The number of hydrogen-bond acceptors (Lipinski definition) is 6. The van der Waals surface area contributed by atoms with Crippen molar-refractivity contribution < 1.29 is 9.90 Å². The number of anilines is 2. The fourth-order valence-electron chi connectivity index (χ4n) is 0.838. The molecule has 0 unspecified atom stereocenters. The molecule has 0 aliphatic carbocycles. The van der Waals surface area contributed by atoms with E-state index in [1.54, 1.807) is 0 Å². The maximum absolute atomic E-state index is 10.7. The second-order valence-electron chi connectivity index (χ2n) is 2.51. The molecule has 0 fully saturated rings. The Morgan fingerprint density at radius 2 is 2.36 bits per heavy atom. The van der Waals surface area contributed by atoms with E-state index in [1.165, 1.54) is 6.20 Å². The number of nitrogen functional groups attached to an aromatic ring is 1. The SMILES string of the molecule is NC(=O)c1cnc(NCCO)nc1N. The van der Waals surface area contributed by atoms with E-state index < -0.39 is 5.91 Å². The summed E-state index contributed by atoms with van der Waals surface area (Å²) in [5.41, 5.74) is 10.5. The average Bonchev–Trinajstić information content (AvgIpc) is 2.14. The fraction of sp³-hybridized carbons (Fsp3) is 0.286. The molecule has 1 aromatic heterocycles. The van der Waals surface area contributed by atoms with Crippen molar-refractivity contribution in [2.24, 2.45) is 5.73 Å². The van der Waals surface area contributed by atoms with Gasteiger partial charge in [-0.3, -0.25) is 4.79 Å². The van der Waals surface area contributed by atoms with Crippen LogP contribution in [0.5, 0.6) is 0 Å². The third kappa shape index (κ3) is 2.30. The van der Waals surface area contributed by atoms with Gasteiger partial charge in [-0.2, -0.15) is 4.98 Å². The number of aromatic nitrogens is 2. The van der Waals surface area contributed by atoms with Crippen LogP contribution in [0, 0.1) is 0 Å². The molecule has 7 heteroatoms. The van der Waals surface area contributed by atoms with Crippen LogP contribution in [0.2, 0.25) is 0 Å². The van der Waals surface area contributed by atoms with Gasteiger partial charge < -0.3 is 21.9 Å². The first-order valence-electron chi connectivity index (χ1n) is 3.92. The molecule has 1 heterocycles. The molecule has 0 radical (unpaired) electrons. The zero-order valence-electron chi connectivity index (χ0n) is 7.40. The van der Waals surface area contributed by atoms with Gasteiger partial charge in [0.15, 0.2) is 0 Å². The lowest BCUT2D eigenvalue weighted by Crippen LogP contribution is -2.17. The van der Waals surface area contributed by atoms with Crippen molar-refractivity contribution in [3.05, 3.63) is 11.8 Å². The minimum atomic E-state index is -0.670. The van der Waals surface area contributed by atoms with Gasteiger partial charge in [-0.1, -0.05) is 0 Å². The molecule has 0 spiro atoms. The average molecular weight is 197 g/mol. The van der Waals surface area contributed by atoms with E-state index in [0.717, 1.165) is 0 Å². The molecule has 1 rings (SSSR count). The lowest BCUT2D eigenvalue weighted by atomic mass is 10.3. The van der Waals surface area contributed by atoms with Gasteiger partial charge in [0, 0.05) is 12.7 Å². The van der Waals surface area contributed by atoms with Crippen LogP contribution >= 0.6 is 0 Å². The van der Waals surface area contributed by atoms with Gasteiger partial charge in [-0.25, -0.2) is 4.98 Å². The van der Waals surface area contributed by atoms with Crippen LogP contribution in [0.3, 0.4) is 0 Å². The van der Waals surface area contributed by atoms with Crippen molar-refractivity contribution in [3.8, 4) is 0 Å². The van der Waals surface area contributed by atoms with Crippen LogP contribution in [0.25, 0.3) is 0 Å². The second kappa shape index (κ2) is 4.38. The lowest BCUT2D eigenvalue weighted by molar-refractivity contribution is 0.100. The number of nitrogens with two attached hydrogens (primary N) is 2. The summed E-state index contributed by atoms with van der Waals surface area (Å²) in [7, 11) is 0. The van der Waals surface area contributed by atoms with Crippen LogP contribution in [0.1, 0.15) is 10.4 Å². The van der Waals surface area contributed by atoms with E-state index in [9.17, 15) is 4.79 Å². The first-order valence-corrected chi connectivity index (χ1v) is 3.92. The lowest BCUT2D eigenvalue weighted by Gasteiger charge is -2.04. The number of nitrogens with one attached hydrogen (secondary N) is 1. The largest absolute Gasteiger partial charge is 0.395 e. The summed E-state index contributed by atoms with van der Waals surface area (Å²) in [6.45, 7) is 0.274. The van der Waals surface area contributed by atoms with E-state index in [0.29, 0.717) is 6.54 Å². The molecule has 0 saturated carbocycles. The van der Waals surface area contributed by atoms with Crippen molar-refractivity contribution in [1.29, 1.82) is 0 Å². The van der Waals surface area contributed by atoms with Gasteiger partial charge in [0.1, 0.15) is 5.82 Å². The molecule has 1 amide bonds. The van der Waals surface area contributed by atoms with Crippen LogP contribution in [0.15, 0.2) is 6.20 Å². The molecule has 1 aromatic rings. The van der Waals surface area contributed by atoms with Gasteiger partial charge in [0.2, 0.25) is 5.95 Å². The van der Waals surface area contributed by atoms with Crippen molar-refractivity contribution in [3.63, 3.8) is 0 Å². The number of rotatable bonds is 4. The van der Waals surface area contributed by atoms with Gasteiger partial charge in [0.05, 0.1) is 12.2 Å². The van der Waals surface area contributed by atoms with E-state index >= 15 is 0 Å². The highest BCUT2D eigenvalue weighted by molar-refractivity contribution is 5.96. The number of amides is 1. The van der Waals surface area contributed by atoms with E-state index in [2.05, 4.69) is 15.3 Å². The second-order valence-corrected chi connectivity index (χ2v) is 2.51. The van der Waals surface area contributed by atoms with Crippen LogP contribution in [-0.2, 0) is 0 Å². The number of nitrogens with zero attached hydrogens (tertiary/aromatic N) is 2. The number of primary amides is 1. The molecule has 14 heavy (non-hydrogen) atoms. The van der Waals surface area contributed by atoms with Gasteiger partial charge in [-0.05, 0) is 0 Å². The molecular weight excluding hydrogens is 186 g/mol. The summed E-state index contributed by atoms with van der Waals surface area (Å²) in [5, 5.41) is 11.2. The van der Waals surface area contributed by atoms with Crippen molar-refractivity contribution in [1.82, 2.24) is 9.97 Å². The Bertz CT molecular complexity index is 341. The highest BCUT2D eigenvalue weighted by atomic mass is 16.3. The number of aliphatic hydroxyl groups excluding tert-OH is 1. The van der Waals surface area contributed by atoms with E-state index in [-0.39, 0.29) is 23.9 Å². The standard InChI is InChI=1S/C7H11N5O2/c8-5-4(6(9)14)3-11-7(12-5)10-1-2-13/h3,13H,1-2H2,(H2,9,14)(H3,8,10,11,12). The Morgan fingerprint density at radius 1 is 1.64 bits per heavy atom. The van der Waals surface area contributed by atoms with Crippen molar-refractivity contribution in [2.75, 3.05) is 24.2 Å². The smallest absolute Gasteiger partial charge is 0.254 e. The van der Waals surface area contributed by atoms with Crippen molar-refractivity contribution >= 4 is 17.7 Å².